The van der Waals surface area contributed by atoms with Crippen LogP contribution in [-0.4, -0.2) is 47.8 Å². The molecule has 1 aliphatic rings. The van der Waals surface area contributed by atoms with Crippen molar-refractivity contribution in [2.45, 2.75) is 65.5 Å². The van der Waals surface area contributed by atoms with Crippen LogP contribution >= 0.6 is 0 Å². The van der Waals surface area contributed by atoms with E-state index in [0.717, 1.165) is 6.04 Å². The van der Waals surface area contributed by atoms with E-state index in [1.807, 2.05) is 0 Å². The number of nitrogens with zero attached hydrogens (tertiary/aromatic N) is 2. The Morgan fingerprint density at radius 1 is 1.25 bits per heavy atom. The zero-order chi connectivity index (χ0) is 12.4. The third kappa shape index (κ3) is 2.60. The fourth-order valence-electron chi connectivity index (χ4n) is 2.77. The summed E-state index contributed by atoms with van der Waals surface area (Å²) >= 11 is 0. The lowest BCUT2D eigenvalue weighted by Gasteiger charge is -2.36. The molecule has 2 atom stereocenters. The van der Waals surface area contributed by atoms with Crippen LogP contribution in [0.15, 0.2) is 0 Å². The first-order chi connectivity index (χ1) is 7.39. The largest absolute Gasteiger partial charge is 0.310 e. The second-order valence-electron chi connectivity index (χ2n) is 6.27. The summed E-state index contributed by atoms with van der Waals surface area (Å²) in [7, 11) is 2.44. The van der Waals surface area contributed by atoms with Crippen LogP contribution in [0.3, 0.4) is 0 Å². The standard InChI is InChI=1S/C14H31N2/c1-7-10-13-11-15(14(4,5)8-2)12-16(13,6)9-3/h13H,7-12H2,1-6H3/q+1/t13?,16-/m0/s1. The van der Waals surface area contributed by atoms with E-state index in [2.05, 4.69) is 46.6 Å². The monoisotopic (exact) mass is 227 g/mol. The van der Waals surface area contributed by atoms with Gasteiger partial charge >= 0.3 is 0 Å². The molecule has 0 amide bonds. The molecule has 0 radical (unpaired) electrons. The smallest absolute Gasteiger partial charge is 0.135 e. The minimum absolute atomic E-state index is 0.372. The minimum Gasteiger partial charge on any atom is -0.310 e. The Balaban J connectivity index is 2.76. The Bertz CT molecular complexity index is 225. The first-order valence-corrected chi connectivity index (χ1v) is 6.99. The Morgan fingerprint density at radius 2 is 1.88 bits per heavy atom. The van der Waals surface area contributed by atoms with E-state index in [-0.39, 0.29) is 0 Å². The van der Waals surface area contributed by atoms with Gasteiger partial charge in [-0.25, -0.2) is 4.90 Å². The predicted octanol–water partition coefficient (Wildman–Crippen LogP) is 3.08. The molecule has 2 nitrogen and oxygen atoms in total. The second-order valence-corrected chi connectivity index (χ2v) is 6.27. The number of likely N-dealkylation sites (N-methyl/N-ethyl adjacent to an activating group) is 1. The summed E-state index contributed by atoms with van der Waals surface area (Å²) < 4.78 is 1.25. The first kappa shape index (κ1) is 14.0. The van der Waals surface area contributed by atoms with Crippen molar-refractivity contribution in [2.75, 3.05) is 26.8 Å². The van der Waals surface area contributed by atoms with Crippen LogP contribution in [-0.2, 0) is 0 Å². The number of hydrogen-bond donors (Lipinski definition) is 0. The highest BCUT2D eigenvalue weighted by molar-refractivity contribution is 4.84. The molecular weight excluding hydrogens is 196 g/mol. The van der Waals surface area contributed by atoms with E-state index in [0.29, 0.717) is 5.54 Å². The maximum Gasteiger partial charge on any atom is 0.135 e. The molecule has 96 valence electrons. The van der Waals surface area contributed by atoms with E-state index in [1.165, 1.54) is 43.5 Å². The van der Waals surface area contributed by atoms with Crippen LogP contribution in [0.2, 0.25) is 0 Å². The van der Waals surface area contributed by atoms with Crippen molar-refractivity contribution in [1.29, 1.82) is 0 Å². The Morgan fingerprint density at radius 3 is 2.31 bits per heavy atom. The summed E-state index contributed by atoms with van der Waals surface area (Å²) in [5, 5.41) is 0. The van der Waals surface area contributed by atoms with Gasteiger partial charge in [-0.15, -0.1) is 0 Å². The van der Waals surface area contributed by atoms with Crippen LogP contribution in [0.1, 0.15) is 53.9 Å². The van der Waals surface area contributed by atoms with Gasteiger partial charge in [0, 0.05) is 12.0 Å². The molecule has 0 aromatic rings. The van der Waals surface area contributed by atoms with Gasteiger partial charge in [0.1, 0.15) is 12.7 Å². The highest BCUT2D eigenvalue weighted by Gasteiger charge is 2.44. The van der Waals surface area contributed by atoms with Gasteiger partial charge in [0.15, 0.2) is 0 Å². The molecule has 1 unspecified atom stereocenters. The van der Waals surface area contributed by atoms with Gasteiger partial charge in [0.05, 0.1) is 20.1 Å². The van der Waals surface area contributed by atoms with E-state index >= 15 is 0 Å². The molecule has 0 bridgehead atoms. The Labute approximate surface area is 102 Å². The number of rotatable bonds is 5. The van der Waals surface area contributed by atoms with Crippen LogP contribution in [0.5, 0.6) is 0 Å². The van der Waals surface area contributed by atoms with Crippen LogP contribution in [0, 0.1) is 0 Å². The number of hydrogen-bond acceptors (Lipinski definition) is 1. The molecular formula is C14H31N2+. The third-order valence-electron chi connectivity index (χ3n) is 4.87. The Hall–Kier alpha value is -0.0800. The van der Waals surface area contributed by atoms with E-state index < -0.39 is 0 Å². The molecule has 0 aromatic heterocycles. The van der Waals surface area contributed by atoms with Crippen molar-refractivity contribution in [1.82, 2.24) is 4.90 Å². The predicted molar refractivity (Wildman–Crippen MR) is 71.4 cm³/mol. The van der Waals surface area contributed by atoms with Crippen molar-refractivity contribution in [3.63, 3.8) is 0 Å². The number of quaternary nitrogens is 1. The molecule has 0 saturated carbocycles. The van der Waals surface area contributed by atoms with Crippen LogP contribution < -0.4 is 0 Å². The van der Waals surface area contributed by atoms with Gasteiger partial charge in [-0.2, -0.15) is 0 Å². The fourth-order valence-corrected chi connectivity index (χ4v) is 2.77. The maximum absolute atomic E-state index is 2.71. The average molecular weight is 227 g/mol. The molecule has 0 N–H and O–H groups in total. The molecule has 2 heteroatoms. The van der Waals surface area contributed by atoms with Crippen molar-refractivity contribution in [2.24, 2.45) is 0 Å². The molecule has 1 aliphatic heterocycles. The van der Waals surface area contributed by atoms with Crippen LogP contribution in [0.25, 0.3) is 0 Å². The van der Waals surface area contributed by atoms with Crippen molar-refractivity contribution in [3.8, 4) is 0 Å². The average Bonchev–Trinajstić information content (AvgIpc) is 2.59. The molecule has 1 saturated heterocycles. The highest BCUT2D eigenvalue weighted by atomic mass is 15.5. The van der Waals surface area contributed by atoms with Crippen molar-refractivity contribution >= 4 is 0 Å². The summed E-state index contributed by atoms with van der Waals surface area (Å²) in [6.07, 6.45) is 3.94. The lowest BCUT2D eigenvalue weighted by atomic mass is 9.99. The van der Waals surface area contributed by atoms with Crippen LogP contribution in [0.4, 0.5) is 0 Å². The van der Waals surface area contributed by atoms with Gasteiger partial charge in [-0.1, -0.05) is 20.3 Å². The van der Waals surface area contributed by atoms with Crippen molar-refractivity contribution in [3.05, 3.63) is 0 Å². The van der Waals surface area contributed by atoms with Crippen molar-refractivity contribution < 1.29 is 4.48 Å². The molecule has 1 fully saturated rings. The minimum atomic E-state index is 0.372. The molecule has 16 heavy (non-hydrogen) atoms. The highest BCUT2D eigenvalue weighted by Crippen LogP contribution is 2.31. The molecule has 1 heterocycles. The van der Waals surface area contributed by atoms with Gasteiger partial charge in [0.2, 0.25) is 0 Å². The maximum atomic E-state index is 2.71. The van der Waals surface area contributed by atoms with Gasteiger partial charge in [0.25, 0.3) is 0 Å². The van der Waals surface area contributed by atoms with Gasteiger partial charge in [-0.05, 0) is 27.2 Å². The molecule has 0 aliphatic carbocycles. The second kappa shape index (κ2) is 5.05. The zero-order valence-corrected chi connectivity index (χ0v) is 12.2. The lowest BCUT2D eigenvalue weighted by molar-refractivity contribution is -0.923. The quantitative estimate of drug-likeness (QED) is 0.652. The van der Waals surface area contributed by atoms with Gasteiger partial charge < -0.3 is 4.48 Å². The first-order valence-electron chi connectivity index (χ1n) is 6.99. The molecule has 1 rings (SSSR count). The third-order valence-corrected chi connectivity index (χ3v) is 4.87. The van der Waals surface area contributed by atoms with Gasteiger partial charge in [-0.3, -0.25) is 0 Å². The summed E-state index contributed by atoms with van der Waals surface area (Å²) in [6, 6.07) is 0.848. The Kier molecular flexibility index (Phi) is 4.42. The normalized spacial score (nSPS) is 32.2. The molecule has 0 aromatic carbocycles. The summed E-state index contributed by atoms with van der Waals surface area (Å²) in [5.74, 6) is 0. The SMILES string of the molecule is CCCC1CN(C(C)(C)CC)C[N@+]1(C)CC. The van der Waals surface area contributed by atoms with E-state index in [1.54, 1.807) is 0 Å². The summed E-state index contributed by atoms with van der Waals surface area (Å²) in [4.78, 5) is 2.71. The lowest BCUT2D eigenvalue weighted by Crippen LogP contribution is -2.50. The van der Waals surface area contributed by atoms with E-state index in [9.17, 15) is 0 Å². The summed E-state index contributed by atoms with van der Waals surface area (Å²) in [5.41, 5.74) is 0.372. The van der Waals surface area contributed by atoms with E-state index in [4.69, 9.17) is 0 Å². The fraction of sp³-hybridized carbons (Fsp3) is 1.00. The topological polar surface area (TPSA) is 3.24 Å². The zero-order valence-electron chi connectivity index (χ0n) is 12.2. The molecule has 0 spiro atoms. The summed E-state index contributed by atoms with van der Waals surface area (Å²) in [6.45, 7) is 15.5.